The number of phenolic OH excluding ortho intramolecular Hbond substituents is 1. The quantitative estimate of drug-likeness (QED) is 0.167. The molecule has 0 radical (unpaired) electrons. The topological polar surface area (TPSA) is 104 Å². The Morgan fingerprint density at radius 3 is 2.22 bits per heavy atom. The largest absolute Gasteiger partial charge is 0.507 e. The summed E-state index contributed by atoms with van der Waals surface area (Å²) in [6.45, 7) is 5.04. The Hall–Kier alpha value is -3.88. The van der Waals surface area contributed by atoms with E-state index in [0.29, 0.717) is 5.39 Å². The molecule has 0 unspecified atom stereocenters. The molecule has 0 saturated carbocycles. The molecule has 7 nitrogen and oxygen atoms in total. The molecule has 4 rings (SSSR count). The molecule has 1 heterocycles. The third-order valence-electron chi connectivity index (χ3n) is 5.46. The number of para-hydroxylation sites is 1. The lowest BCUT2D eigenvalue weighted by Gasteiger charge is -2.19. The molecule has 2 amide bonds. The van der Waals surface area contributed by atoms with Gasteiger partial charge in [-0.05, 0) is 12.1 Å². The van der Waals surface area contributed by atoms with Gasteiger partial charge in [0, 0.05) is 38.6 Å². The maximum Gasteiger partial charge on any atom is 0.474 e. The highest BCUT2D eigenvalue weighted by Crippen LogP contribution is 2.37. The highest BCUT2D eigenvalue weighted by molar-refractivity contribution is 7.21. The van der Waals surface area contributed by atoms with Crippen LogP contribution >= 0.6 is 22.9 Å². The fourth-order valence-corrected chi connectivity index (χ4v) is 5.00. The summed E-state index contributed by atoms with van der Waals surface area (Å²) in [6, 6.07) is 17.3. The van der Waals surface area contributed by atoms with Gasteiger partial charge in [-0.25, -0.2) is 4.79 Å². The number of rotatable bonds is 5. The summed E-state index contributed by atoms with van der Waals surface area (Å²) >= 11 is 7.62. The lowest BCUT2D eigenvalue weighted by molar-refractivity contribution is -0.357. The molecule has 9 heteroatoms. The number of hydrogen-bond acceptors (Lipinski definition) is 6. The van der Waals surface area contributed by atoms with E-state index in [0.717, 1.165) is 10.8 Å². The van der Waals surface area contributed by atoms with Crippen LogP contribution < -0.4 is 5.32 Å². The molecule has 0 aliphatic rings. The molecule has 182 valence electrons. The number of phenols is 1. The maximum atomic E-state index is 13.2. The Morgan fingerprint density at radius 2 is 1.58 bits per heavy atom. The van der Waals surface area contributed by atoms with Crippen molar-refractivity contribution < 1.29 is 24.3 Å². The van der Waals surface area contributed by atoms with Crippen LogP contribution in [0.25, 0.3) is 10.1 Å². The van der Waals surface area contributed by atoms with Crippen molar-refractivity contribution in [3.05, 3.63) is 92.7 Å². The molecule has 2 N–H and O–H groups in total. The lowest BCUT2D eigenvalue weighted by atomic mass is 9.85. The maximum absolute atomic E-state index is 13.2. The zero-order chi connectivity index (χ0) is 26.2. The summed E-state index contributed by atoms with van der Waals surface area (Å²) in [5, 5.41) is 14.2. The first kappa shape index (κ1) is 25.2. The molecule has 3 aromatic carbocycles. The van der Waals surface area contributed by atoms with E-state index in [9.17, 15) is 24.4 Å². The summed E-state index contributed by atoms with van der Waals surface area (Å²) in [7, 11) is 0. The van der Waals surface area contributed by atoms with Crippen molar-refractivity contribution in [1.82, 2.24) is 0 Å². The highest BCUT2D eigenvalue weighted by atomic mass is 35.5. The first-order valence-corrected chi connectivity index (χ1v) is 12.2. The van der Waals surface area contributed by atoms with E-state index in [2.05, 4.69) is 5.32 Å². The van der Waals surface area contributed by atoms with Crippen LogP contribution in [0.3, 0.4) is 0 Å². The number of nitrogens with zero attached hydrogens (tertiary/aromatic N) is 1. The van der Waals surface area contributed by atoms with Crippen molar-refractivity contribution >= 4 is 62.0 Å². The Morgan fingerprint density at radius 1 is 0.944 bits per heavy atom. The van der Waals surface area contributed by atoms with Crippen LogP contribution in [0.5, 0.6) is 5.75 Å². The number of halogens is 1. The number of Topliss-reactive ketones (excluding diaryl/α,β-unsaturated/α-hetero) is 1. The molecule has 0 saturated heterocycles. The fourth-order valence-electron chi connectivity index (χ4n) is 3.58. The number of benzene rings is 3. The summed E-state index contributed by atoms with van der Waals surface area (Å²) in [4.78, 5) is 52.4. The summed E-state index contributed by atoms with van der Waals surface area (Å²) in [5.41, 5.74) is -1.24. The molecular weight excluding hydrogens is 500 g/mol. The average molecular weight is 522 g/mol. The molecule has 0 fully saturated rings. The van der Waals surface area contributed by atoms with Crippen LogP contribution in [-0.4, -0.2) is 27.5 Å². The minimum absolute atomic E-state index is 0.0710. The number of thiophene rings is 1. The smallest absolute Gasteiger partial charge is 0.474 e. The van der Waals surface area contributed by atoms with Crippen LogP contribution in [0.2, 0.25) is 5.02 Å². The Kier molecular flexibility index (Phi) is 6.75. The van der Waals surface area contributed by atoms with Gasteiger partial charge in [0.2, 0.25) is 0 Å². The first-order chi connectivity index (χ1) is 17.0. The van der Waals surface area contributed by atoms with Crippen LogP contribution in [0.4, 0.5) is 11.4 Å². The molecule has 36 heavy (non-hydrogen) atoms. The lowest BCUT2D eigenvalue weighted by Crippen LogP contribution is -2.23. The monoisotopic (exact) mass is 521 g/mol. The second-order valence-corrected chi connectivity index (χ2v) is 10.6. The van der Waals surface area contributed by atoms with E-state index < -0.39 is 28.8 Å². The summed E-state index contributed by atoms with van der Waals surface area (Å²) < 4.78 is 0.954. The molecule has 0 aliphatic carbocycles. The second-order valence-electron chi connectivity index (χ2n) is 9.12. The van der Waals surface area contributed by atoms with Gasteiger partial charge in [0.1, 0.15) is 21.0 Å². The fraction of sp³-hybridized carbons (Fsp3) is 0.148. The van der Waals surface area contributed by atoms with Gasteiger partial charge >= 0.3 is 5.91 Å². The van der Waals surface area contributed by atoms with E-state index in [1.54, 1.807) is 51.1 Å². The predicted octanol–water partition coefficient (Wildman–Crippen LogP) is 6.99. The zero-order valence-corrected chi connectivity index (χ0v) is 21.2. The minimum Gasteiger partial charge on any atom is -0.507 e. The number of nitroso groups, excluding NO2 is 1. The molecule has 4 aromatic rings. The molecule has 0 bridgehead atoms. The van der Waals surface area contributed by atoms with E-state index in [1.807, 2.05) is 12.1 Å². The number of aromatic hydroxyl groups is 1. The number of carbonyl (C=O) groups excluding carboxylic acids is 3. The third-order valence-corrected chi connectivity index (χ3v) is 7.13. The second kappa shape index (κ2) is 9.64. The number of anilines is 1. The van der Waals surface area contributed by atoms with Gasteiger partial charge in [0.25, 0.3) is 11.6 Å². The van der Waals surface area contributed by atoms with Crippen LogP contribution in [0, 0.1) is 10.3 Å². The van der Waals surface area contributed by atoms with Crippen LogP contribution in [-0.2, 0) is 0 Å². The van der Waals surface area contributed by atoms with Crippen molar-refractivity contribution in [2.75, 3.05) is 5.32 Å². The molecule has 0 spiro atoms. The minimum atomic E-state index is -1.02. The SMILES string of the molecule is CC(C)(C)C(=O)c1cc(NC(=O)c2sc3ccccc3c2Cl)c(C(=O)[N+](=O)c2ccccc2)cc1O. The van der Waals surface area contributed by atoms with Gasteiger partial charge in [-0.1, -0.05) is 68.8 Å². The van der Waals surface area contributed by atoms with Crippen molar-refractivity contribution in [1.29, 1.82) is 0 Å². The number of amides is 2. The van der Waals surface area contributed by atoms with Crippen LogP contribution in [0.1, 0.15) is 51.2 Å². The predicted molar refractivity (Wildman–Crippen MR) is 141 cm³/mol. The van der Waals surface area contributed by atoms with E-state index >= 15 is 0 Å². The number of nitrogens with one attached hydrogen (secondary N) is 1. The normalized spacial score (nSPS) is 11.3. The van der Waals surface area contributed by atoms with E-state index in [-0.39, 0.29) is 37.2 Å². The van der Waals surface area contributed by atoms with E-state index in [1.165, 1.54) is 29.5 Å². The van der Waals surface area contributed by atoms with Gasteiger partial charge in [-0.15, -0.1) is 11.3 Å². The average Bonchev–Trinajstić information content (AvgIpc) is 3.20. The van der Waals surface area contributed by atoms with E-state index in [4.69, 9.17) is 11.6 Å². The van der Waals surface area contributed by atoms with Gasteiger partial charge in [0.15, 0.2) is 5.78 Å². The van der Waals surface area contributed by atoms with Crippen molar-refractivity contribution in [3.63, 3.8) is 0 Å². The third kappa shape index (κ3) is 4.78. The van der Waals surface area contributed by atoms with Crippen molar-refractivity contribution in [3.8, 4) is 5.75 Å². The molecule has 0 atom stereocenters. The Labute approximate surface area is 215 Å². The standard InChI is InChI=1S/C27H21ClN2O5S/c1-27(2,3)24(32)18-13-19(29-25(33)23-22(28)16-11-7-8-12-21(16)36-23)17(14-20(18)31)26(34)30(35)15-9-5-4-6-10-15/h4-14H,1-3H3,(H-,29,31,32,33,34,35)/p+1. The van der Waals surface area contributed by atoms with Gasteiger partial charge in [0.05, 0.1) is 16.3 Å². The van der Waals surface area contributed by atoms with Crippen molar-refractivity contribution in [2.45, 2.75) is 20.8 Å². The highest BCUT2D eigenvalue weighted by Gasteiger charge is 2.34. The zero-order valence-electron chi connectivity index (χ0n) is 19.7. The first-order valence-electron chi connectivity index (χ1n) is 11.0. The van der Waals surface area contributed by atoms with Crippen LogP contribution in [0.15, 0.2) is 66.7 Å². The van der Waals surface area contributed by atoms with Gasteiger partial charge in [-0.2, -0.15) is 0 Å². The van der Waals surface area contributed by atoms with Gasteiger partial charge in [-0.3, -0.25) is 9.59 Å². The van der Waals surface area contributed by atoms with Crippen molar-refractivity contribution in [2.24, 2.45) is 5.41 Å². The Balaban J connectivity index is 1.81. The number of carbonyl (C=O) groups is 3. The van der Waals surface area contributed by atoms with Gasteiger partial charge < -0.3 is 10.4 Å². The number of ketones is 1. The summed E-state index contributed by atoms with van der Waals surface area (Å²) in [5.74, 6) is -2.52. The number of hydrogen-bond donors (Lipinski definition) is 2. The molecule has 0 aliphatic heterocycles. The molecule has 1 aromatic heterocycles. The summed E-state index contributed by atoms with van der Waals surface area (Å²) in [6.07, 6.45) is 0. The molecular formula is C27H22ClN2O5S+. The number of fused-ring (bicyclic) bond motifs is 1. The Bertz CT molecular complexity index is 1540.